The number of carbonyl (C=O) groups excluding carboxylic acids is 1. The molecule has 1 aromatic heterocycles. The molecule has 0 aliphatic rings. The number of ether oxygens (including phenoxy) is 2. The Morgan fingerprint density at radius 1 is 1.22 bits per heavy atom. The predicted octanol–water partition coefficient (Wildman–Crippen LogP) is 4.20. The van der Waals surface area contributed by atoms with Crippen LogP contribution < -0.4 is 14.8 Å². The lowest BCUT2D eigenvalue weighted by molar-refractivity contribution is -0.385. The van der Waals surface area contributed by atoms with Crippen LogP contribution in [0.15, 0.2) is 34.7 Å². The highest BCUT2D eigenvalue weighted by Crippen LogP contribution is 2.35. The summed E-state index contributed by atoms with van der Waals surface area (Å²) in [6.45, 7) is 0. The molecule has 0 radical (unpaired) electrons. The fourth-order valence-corrected chi connectivity index (χ4v) is 4.00. The topological polar surface area (TPSA) is 104 Å². The van der Waals surface area contributed by atoms with Gasteiger partial charge >= 0.3 is 0 Å². The first-order chi connectivity index (χ1) is 13.0. The number of methoxy groups -OCH3 is 2. The third-order valence-electron chi connectivity index (χ3n) is 3.74. The molecule has 3 rings (SSSR count). The summed E-state index contributed by atoms with van der Waals surface area (Å²) in [4.78, 5) is 27.9. The highest BCUT2D eigenvalue weighted by Gasteiger charge is 2.24. The van der Waals surface area contributed by atoms with Gasteiger partial charge in [-0.15, -0.1) is 11.3 Å². The van der Waals surface area contributed by atoms with Crippen LogP contribution in [0.4, 0.5) is 11.4 Å². The van der Waals surface area contributed by atoms with Crippen LogP contribution in [-0.2, 0) is 0 Å². The number of carbonyl (C=O) groups is 1. The molecule has 0 fully saturated rings. The molecule has 0 spiro atoms. The van der Waals surface area contributed by atoms with Gasteiger partial charge in [0.25, 0.3) is 11.6 Å². The molecule has 1 amide bonds. The van der Waals surface area contributed by atoms with Gasteiger partial charge in [-0.2, -0.15) is 0 Å². The Morgan fingerprint density at radius 3 is 2.56 bits per heavy atom. The third kappa shape index (κ3) is 3.81. The average Bonchev–Trinajstić information content (AvgIpc) is 3.09. The number of rotatable bonds is 6. The van der Waals surface area contributed by atoms with Crippen molar-refractivity contribution in [2.45, 2.75) is 4.34 Å². The lowest BCUT2D eigenvalue weighted by Crippen LogP contribution is -2.14. The summed E-state index contributed by atoms with van der Waals surface area (Å²) in [7, 11) is 2.76. The second-order valence-electron chi connectivity index (χ2n) is 5.30. The number of fused-ring (bicyclic) bond motifs is 1. The van der Waals surface area contributed by atoms with Crippen molar-refractivity contribution in [2.75, 3.05) is 25.8 Å². The highest BCUT2D eigenvalue weighted by molar-refractivity contribution is 8.00. The molecule has 3 aromatic rings. The zero-order valence-corrected chi connectivity index (χ0v) is 16.3. The van der Waals surface area contributed by atoms with Crippen LogP contribution in [0.25, 0.3) is 10.2 Å². The predicted molar refractivity (Wildman–Crippen MR) is 106 cm³/mol. The molecule has 0 aliphatic heterocycles. The van der Waals surface area contributed by atoms with Crippen molar-refractivity contribution in [3.8, 4) is 11.5 Å². The molecule has 1 heterocycles. The van der Waals surface area contributed by atoms with E-state index in [1.54, 1.807) is 30.0 Å². The quantitative estimate of drug-likeness (QED) is 0.372. The molecule has 2 aromatic carbocycles. The smallest absolute Gasteiger partial charge is 0.286 e. The van der Waals surface area contributed by atoms with E-state index in [9.17, 15) is 14.9 Å². The SMILES string of the molecule is COc1cc(C(=O)Nc2ccc3nc(SC)sc3c2)c([N+](=O)[O-])cc1OC. The Morgan fingerprint density at radius 2 is 1.93 bits per heavy atom. The van der Waals surface area contributed by atoms with Gasteiger partial charge in [-0.25, -0.2) is 4.98 Å². The standard InChI is InChI=1S/C17H15N3O5S2/c1-24-13-7-10(12(20(22)23)8-14(13)25-2)16(21)18-9-4-5-11-15(6-9)27-17(19-11)26-3/h4-8H,1-3H3,(H,18,21). The van der Waals surface area contributed by atoms with Crippen molar-refractivity contribution in [1.29, 1.82) is 0 Å². The molecular weight excluding hydrogens is 390 g/mol. The normalized spacial score (nSPS) is 10.6. The maximum Gasteiger partial charge on any atom is 0.286 e. The lowest BCUT2D eigenvalue weighted by Gasteiger charge is -2.11. The van der Waals surface area contributed by atoms with Crippen molar-refractivity contribution in [2.24, 2.45) is 0 Å². The molecule has 1 N–H and O–H groups in total. The number of thioether (sulfide) groups is 1. The fraction of sp³-hybridized carbons (Fsp3) is 0.176. The Balaban J connectivity index is 1.96. The monoisotopic (exact) mass is 405 g/mol. The van der Waals surface area contributed by atoms with E-state index in [1.165, 1.54) is 37.7 Å². The maximum atomic E-state index is 12.7. The van der Waals surface area contributed by atoms with Crippen LogP contribution in [0.1, 0.15) is 10.4 Å². The van der Waals surface area contributed by atoms with E-state index in [2.05, 4.69) is 10.3 Å². The zero-order valence-electron chi connectivity index (χ0n) is 14.6. The minimum absolute atomic E-state index is 0.119. The number of nitro groups is 1. The van der Waals surface area contributed by atoms with E-state index in [0.29, 0.717) is 5.69 Å². The van der Waals surface area contributed by atoms with Gasteiger partial charge in [0.05, 0.1) is 35.4 Å². The Bertz CT molecular complexity index is 1030. The third-order valence-corrected chi connectivity index (χ3v) is 5.75. The average molecular weight is 405 g/mol. The Kier molecular flexibility index (Phi) is 5.47. The molecule has 0 saturated heterocycles. The zero-order chi connectivity index (χ0) is 19.6. The number of hydrogen-bond donors (Lipinski definition) is 1. The molecule has 140 valence electrons. The molecule has 8 nitrogen and oxygen atoms in total. The van der Waals surface area contributed by atoms with Crippen LogP contribution >= 0.6 is 23.1 Å². The van der Waals surface area contributed by atoms with Crippen LogP contribution in [-0.4, -0.2) is 36.3 Å². The van der Waals surface area contributed by atoms with Gasteiger partial charge in [0.2, 0.25) is 0 Å². The number of nitrogens with one attached hydrogen (secondary N) is 1. The molecule has 0 saturated carbocycles. The number of hydrogen-bond acceptors (Lipinski definition) is 8. The van der Waals surface area contributed by atoms with Gasteiger partial charge in [0.1, 0.15) is 5.56 Å². The van der Waals surface area contributed by atoms with Crippen molar-refractivity contribution < 1.29 is 19.2 Å². The van der Waals surface area contributed by atoms with Crippen molar-refractivity contribution in [1.82, 2.24) is 4.98 Å². The van der Waals surface area contributed by atoms with E-state index in [1.807, 2.05) is 6.26 Å². The lowest BCUT2D eigenvalue weighted by atomic mass is 10.1. The van der Waals surface area contributed by atoms with E-state index in [0.717, 1.165) is 14.6 Å². The number of nitrogens with zero attached hydrogens (tertiary/aromatic N) is 2. The second kappa shape index (κ2) is 7.80. The van der Waals surface area contributed by atoms with Gasteiger partial charge in [-0.3, -0.25) is 14.9 Å². The van der Waals surface area contributed by atoms with Gasteiger partial charge in [0.15, 0.2) is 15.8 Å². The number of anilines is 1. The van der Waals surface area contributed by atoms with Crippen molar-refractivity contribution >= 4 is 50.6 Å². The van der Waals surface area contributed by atoms with E-state index in [-0.39, 0.29) is 22.7 Å². The van der Waals surface area contributed by atoms with Crippen molar-refractivity contribution in [3.05, 3.63) is 46.0 Å². The molecule has 0 unspecified atom stereocenters. The first kappa shape index (κ1) is 18.9. The van der Waals surface area contributed by atoms with Crippen molar-refractivity contribution in [3.63, 3.8) is 0 Å². The molecule has 0 bridgehead atoms. The Hall–Kier alpha value is -2.85. The first-order valence-corrected chi connectivity index (χ1v) is 9.67. The molecule has 0 atom stereocenters. The summed E-state index contributed by atoms with van der Waals surface area (Å²) in [5.41, 5.74) is 0.868. The molecular formula is C17H15N3O5S2. The summed E-state index contributed by atoms with van der Waals surface area (Å²) in [6, 6.07) is 7.76. The number of benzene rings is 2. The first-order valence-electron chi connectivity index (χ1n) is 7.63. The number of thiazole rings is 1. The van der Waals surface area contributed by atoms with E-state index < -0.39 is 10.8 Å². The molecule has 10 heteroatoms. The largest absolute Gasteiger partial charge is 0.493 e. The minimum atomic E-state index is -0.631. The van der Waals surface area contributed by atoms with E-state index >= 15 is 0 Å². The summed E-state index contributed by atoms with van der Waals surface area (Å²) in [6.07, 6.45) is 1.94. The van der Waals surface area contributed by atoms with Crippen LogP contribution in [0.2, 0.25) is 0 Å². The molecule has 27 heavy (non-hydrogen) atoms. The molecule has 0 aliphatic carbocycles. The summed E-state index contributed by atoms with van der Waals surface area (Å²) in [5, 5.41) is 14.1. The van der Waals surface area contributed by atoms with Gasteiger partial charge in [0, 0.05) is 11.8 Å². The van der Waals surface area contributed by atoms with Crippen LogP contribution in [0, 0.1) is 10.1 Å². The van der Waals surface area contributed by atoms with Gasteiger partial charge < -0.3 is 14.8 Å². The Labute approximate surface area is 162 Å². The minimum Gasteiger partial charge on any atom is -0.493 e. The summed E-state index contributed by atoms with van der Waals surface area (Å²) in [5.74, 6) is -0.205. The fourth-order valence-electron chi connectivity index (χ4n) is 2.47. The number of nitro benzene ring substituents is 1. The van der Waals surface area contributed by atoms with E-state index in [4.69, 9.17) is 9.47 Å². The van der Waals surface area contributed by atoms with Crippen LogP contribution in [0.5, 0.6) is 11.5 Å². The number of amides is 1. The van der Waals surface area contributed by atoms with Gasteiger partial charge in [-0.1, -0.05) is 11.8 Å². The number of aromatic nitrogens is 1. The highest BCUT2D eigenvalue weighted by atomic mass is 32.2. The summed E-state index contributed by atoms with van der Waals surface area (Å²) >= 11 is 3.05. The second-order valence-corrected chi connectivity index (χ2v) is 7.39. The summed E-state index contributed by atoms with van der Waals surface area (Å²) < 4.78 is 12.1. The van der Waals surface area contributed by atoms with Gasteiger partial charge in [-0.05, 0) is 24.5 Å². The van der Waals surface area contributed by atoms with Crippen LogP contribution in [0.3, 0.4) is 0 Å². The maximum absolute atomic E-state index is 12.7.